The van der Waals surface area contributed by atoms with Gasteiger partial charge in [0.05, 0.1) is 19.8 Å². The van der Waals surface area contributed by atoms with E-state index in [-0.39, 0.29) is 0 Å². The zero-order valence-electron chi connectivity index (χ0n) is 11.9. The highest BCUT2D eigenvalue weighted by Gasteiger charge is 2.48. The topological polar surface area (TPSA) is 194 Å². The molecule has 23 heavy (non-hydrogen) atoms. The molecule has 1 aliphatic rings. The summed E-state index contributed by atoms with van der Waals surface area (Å²) in [5.74, 6) is -2.42. The fourth-order valence-electron chi connectivity index (χ4n) is 1.93. The summed E-state index contributed by atoms with van der Waals surface area (Å²) in [4.78, 5) is 22.7. The Morgan fingerprint density at radius 3 is 2.04 bits per heavy atom. The molecule has 0 saturated carbocycles. The Balaban J connectivity index is 2.64. The van der Waals surface area contributed by atoms with Gasteiger partial charge in [0.15, 0.2) is 12.2 Å². The molecule has 1 saturated heterocycles. The van der Waals surface area contributed by atoms with Gasteiger partial charge < -0.3 is 45.2 Å². The van der Waals surface area contributed by atoms with Crippen molar-refractivity contribution in [2.24, 2.45) is 0 Å². The molecular weight excluding hydrogens is 320 g/mol. The maximum atomic E-state index is 11.5. The van der Waals surface area contributed by atoms with Crippen LogP contribution in [0.4, 0.5) is 0 Å². The maximum absolute atomic E-state index is 11.5. The fourth-order valence-corrected chi connectivity index (χ4v) is 1.93. The number of aliphatic hydroxyl groups is 7. The van der Waals surface area contributed by atoms with Crippen molar-refractivity contribution in [1.82, 2.24) is 0 Å². The molecule has 0 radical (unpaired) electrons. The van der Waals surface area contributed by atoms with Crippen molar-refractivity contribution in [2.45, 2.75) is 42.7 Å². The number of rotatable bonds is 9. The Bertz CT molecular complexity index is 414. The minimum Gasteiger partial charge on any atom is -0.450 e. The Morgan fingerprint density at radius 2 is 1.52 bits per heavy atom. The van der Waals surface area contributed by atoms with E-state index in [2.05, 4.69) is 4.74 Å². The lowest BCUT2D eigenvalue weighted by molar-refractivity contribution is -0.154. The van der Waals surface area contributed by atoms with Crippen LogP contribution < -0.4 is 0 Å². The molecule has 7 atom stereocenters. The first-order chi connectivity index (χ1) is 10.7. The molecule has 134 valence electrons. The number of ketones is 1. The third kappa shape index (κ3) is 4.65. The van der Waals surface area contributed by atoms with Gasteiger partial charge in [-0.25, -0.2) is 4.79 Å². The van der Waals surface area contributed by atoms with Gasteiger partial charge in [-0.05, 0) is 0 Å². The molecule has 11 heteroatoms. The van der Waals surface area contributed by atoms with Gasteiger partial charge >= 0.3 is 5.97 Å². The summed E-state index contributed by atoms with van der Waals surface area (Å²) in [5, 5.41) is 64.7. The van der Waals surface area contributed by atoms with E-state index in [1.165, 1.54) is 0 Å². The van der Waals surface area contributed by atoms with E-state index in [4.69, 9.17) is 20.1 Å². The van der Waals surface area contributed by atoms with Gasteiger partial charge in [0, 0.05) is 0 Å². The predicted molar refractivity (Wildman–Crippen MR) is 68.8 cm³/mol. The number of hydrogen-bond donors (Lipinski definition) is 7. The van der Waals surface area contributed by atoms with E-state index in [9.17, 15) is 30.0 Å². The molecule has 0 spiro atoms. The first kappa shape index (κ1) is 19.9. The summed E-state index contributed by atoms with van der Waals surface area (Å²) < 4.78 is 9.48. The van der Waals surface area contributed by atoms with Crippen LogP contribution in [0.25, 0.3) is 0 Å². The van der Waals surface area contributed by atoms with Gasteiger partial charge in [-0.3, -0.25) is 4.79 Å². The molecule has 11 nitrogen and oxygen atoms in total. The standard InChI is InChI=1S/C12H20O11/c13-1-4(15)7(18)8(19)6(17)3-22-11-9(20)12(21)23-10(11)5(16)2-14/h4-8,10-11,13-19H,1-3H2/t4-,5-,6+,7+,8-,10-,11?/m1/s1. The number of Topliss-reactive ketones (excluding diaryl/α,β-unsaturated/α-hetero) is 1. The number of aliphatic hydroxyl groups excluding tert-OH is 7. The van der Waals surface area contributed by atoms with E-state index in [0.717, 1.165) is 0 Å². The van der Waals surface area contributed by atoms with Crippen LogP contribution in [0, 0.1) is 0 Å². The molecule has 1 fully saturated rings. The Kier molecular flexibility index (Phi) is 7.44. The van der Waals surface area contributed by atoms with E-state index >= 15 is 0 Å². The van der Waals surface area contributed by atoms with Crippen molar-refractivity contribution in [3.05, 3.63) is 0 Å². The minimum absolute atomic E-state index is 0.752. The maximum Gasteiger partial charge on any atom is 0.378 e. The van der Waals surface area contributed by atoms with Crippen LogP contribution in [-0.2, 0) is 19.1 Å². The van der Waals surface area contributed by atoms with Gasteiger partial charge in [-0.2, -0.15) is 0 Å². The molecule has 1 heterocycles. The number of ether oxygens (including phenoxy) is 2. The van der Waals surface area contributed by atoms with Crippen molar-refractivity contribution in [2.75, 3.05) is 19.8 Å². The number of carbonyl (C=O) groups is 2. The summed E-state index contributed by atoms with van der Waals surface area (Å²) in [7, 11) is 0. The third-order valence-electron chi connectivity index (χ3n) is 3.34. The second-order valence-corrected chi connectivity index (χ2v) is 5.04. The molecule has 0 aromatic heterocycles. The van der Waals surface area contributed by atoms with Gasteiger partial charge in [0.1, 0.15) is 30.5 Å². The van der Waals surface area contributed by atoms with Crippen molar-refractivity contribution < 1.29 is 54.8 Å². The highest BCUT2D eigenvalue weighted by Crippen LogP contribution is 2.19. The molecule has 7 N–H and O–H groups in total. The lowest BCUT2D eigenvalue weighted by Crippen LogP contribution is -2.49. The molecule has 0 aromatic rings. The van der Waals surface area contributed by atoms with Gasteiger partial charge in [0.2, 0.25) is 0 Å². The van der Waals surface area contributed by atoms with Gasteiger partial charge in [-0.1, -0.05) is 0 Å². The summed E-state index contributed by atoms with van der Waals surface area (Å²) in [5.41, 5.74) is 0. The first-order valence-electron chi connectivity index (χ1n) is 6.73. The monoisotopic (exact) mass is 340 g/mol. The smallest absolute Gasteiger partial charge is 0.378 e. The van der Waals surface area contributed by atoms with Crippen LogP contribution in [0.5, 0.6) is 0 Å². The molecule has 0 bridgehead atoms. The van der Waals surface area contributed by atoms with Crippen LogP contribution in [-0.4, -0.2) is 110 Å². The lowest BCUT2D eigenvalue weighted by atomic mass is 10.0. The fraction of sp³-hybridized carbons (Fsp3) is 0.833. The highest BCUT2D eigenvalue weighted by molar-refractivity contribution is 6.37. The van der Waals surface area contributed by atoms with Gasteiger partial charge in [0.25, 0.3) is 5.78 Å². The second kappa shape index (κ2) is 8.61. The summed E-state index contributed by atoms with van der Waals surface area (Å²) in [6, 6.07) is 0. The van der Waals surface area contributed by atoms with E-state index in [0.29, 0.717) is 0 Å². The van der Waals surface area contributed by atoms with Crippen LogP contribution in [0.2, 0.25) is 0 Å². The zero-order chi connectivity index (χ0) is 17.7. The minimum atomic E-state index is -1.91. The van der Waals surface area contributed by atoms with Crippen LogP contribution in [0.15, 0.2) is 0 Å². The summed E-state index contributed by atoms with van der Waals surface area (Å²) in [6.07, 6.45) is -11.9. The first-order valence-corrected chi connectivity index (χ1v) is 6.73. The number of cyclic esters (lactones) is 1. The Hall–Kier alpha value is -1.18. The van der Waals surface area contributed by atoms with E-state index in [1.54, 1.807) is 0 Å². The number of carbonyl (C=O) groups excluding carboxylic acids is 2. The van der Waals surface area contributed by atoms with Gasteiger partial charge in [-0.15, -0.1) is 0 Å². The van der Waals surface area contributed by atoms with E-state index in [1.807, 2.05) is 0 Å². The predicted octanol–water partition coefficient (Wildman–Crippen LogP) is -5.34. The quantitative estimate of drug-likeness (QED) is 0.156. The van der Waals surface area contributed by atoms with Crippen LogP contribution >= 0.6 is 0 Å². The highest BCUT2D eigenvalue weighted by atomic mass is 16.6. The number of hydrogen-bond acceptors (Lipinski definition) is 11. The molecule has 0 aromatic carbocycles. The zero-order valence-corrected chi connectivity index (χ0v) is 11.9. The molecule has 1 rings (SSSR count). The average Bonchev–Trinajstić information content (AvgIpc) is 2.84. The van der Waals surface area contributed by atoms with Crippen molar-refractivity contribution >= 4 is 11.8 Å². The largest absolute Gasteiger partial charge is 0.450 e. The second-order valence-electron chi connectivity index (χ2n) is 5.04. The average molecular weight is 340 g/mol. The Labute approximate surface area is 130 Å². The van der Waals surface area contributed by atoms with Crippen molar-refractivity contribution in [1.29, 1.82) is 0 Å². The Morgan fingerprint density at radius 1 is 0.957 bits per heavy atom. The van der Waals surface area contributed by atoms with Crippen LogP contribution in [0.1, 0.15) is 0 Å². The number of esters is 1. The van der Waals surface area contributed by atoms with E-state index < -0.39 is 74.3 Å². The molecule has 1 unspecified atom stereocenters. The third-order valence-corrected chi connectivity index (χ3v) is 3.34. The molecular formula is C12H20O11. The lowest BCUT2D eigenvalue weighted by Gasteiger charge is -2.27. The molecule has 0 amide bonds. The summed E-state index contributed by atoms with van der Waals surface area (Å²) >= 11 is 0. The van der Waals surface area contributed by atoms with Crippen molar-refractivity contribution in [3.63, 3.8) is 0 Å². The van der Waals surface area contributed by atoms with Crippen molar-refractivity contribution in [3.8, 4) is 0 Å². The normalized spacial score (nSPS) is 28.1. The summed E-state index contributed by atoms with van der Waals surface area (Å²) in [6.45, 7) is -2.42. The molecule has 1 aliphatic heterocycles. The SMILES string of the molecule is O=C1O[C@H]([C@H](O)CO)C(OC[C@H](O)[C@@H](O)[C@@H](O)[C@H](O)CO)C1=O. The van der Waals surface area contributed by atoms with Crippen LogP contribution in [0.3, 0.4) is 0 Å². The molecule has 0 aliphatic carbocycles.